The van der Waals surface area contributed by atoms with Crippen LogP contribution in [0.1, 0.15) is 101 Å². The molecule has 2 atom stereocenters. The molecule has 0 saturated heterocycles. The molecule has 0 spiro atoms. The minimum absolute atomic E-state index is 0.130. The van der Waals surface area contributed by atoms with Gasteiger partial charge in [0.25, 0.3) is 0 Å². The smallest absolute Gasteiger partial charge is 0.229 e. The highest BCUT2D eigenvalue weighted by Gasteiger charge is 2.27. The lowest BCUT2D eigenvalue weighted by molar-refractivity contribution is 0.551. The van der Waals surface area contributed by atoms with Gasteiger partial charge in [-0.05, 0) is 30.6 Å². The van der Waals surface area contributed by atoms with Crippen LogP contribution in [-0.2, 0) is 0 Å². The molecular formula is C18H26N2O2S. The molecule has 0 N–H and O–H groups in total. The Morgan fingerprint density at radius 3 is 1.83 bits per heavy atom. The molecule has 2 aromatic rings. The van der Waals surface area contributed by atoms with E-state index >= 15 is 0 Å². The third-order valence-electron chi connectivity index (χ3n) is 4.64. The van der Waals surface area contributed by atoms with Crippen molar-refractivity contribution in [2.24, 2.45) is 0 Å². The van der Waals surface area contributed by atoms with E-state index in [0.717, 1.165) is 35.4 Å². The Labute approximate surface area is 142 Å². The fourth-order valence-corrected chi connectivity index (χ4v) is 4.01. The molecule has 0 bridgehead atoms. The molecule has 2 unspecified atom stereocenters. The Kier molecular flexibility index (Phi) is 5.50. The molecule has 0 saturated carbocycles. The van der Waals surface area contributed by atoms with Crippen LogP contribution in [-0.4, -0.2) is 8.75 Å². The van der Waals surface area contributed by atoms with Crippen molar-refractivity contribution in [1.29, 1.82) is 0 Å². The van der Waals surface area contributed by atoms with Crippen molar-refractivity contribution in [1.82, 2.24) is 8.75 Å². The molecule has 0 radical (unpaired) electrons. The SMILES string of the molecule is CC(C)c1nsnc1C(C)CCC(C)c1c(C(C)C)c(=O)c1=O. The molecule has 23 heavy (non-hydrogen) atoms. The predicted octanol–water partition coefficient (Wildman–Crippen LogP) is 4.07. The number of aromatic nitrogens is 2. The first-order valence-corrected chi connectivity index (χ1v) is 9.14. The molecular weight excluding hydrogens is 308 g/mol. The van der Waals surface area contributed by atoms with E-state index in [1.54, 1.807) is 0 Å². The predicted molar refractivity (Wildman–Crippen MR) is 95.5 cm³/mol. The fraction of sp³-hybridized carbons (Fsp3) is 0.667. The molecule has 2 rings (SSSR count). The first-order chi connectivity index (χ1) is 10.8. The van der Waals surface area contributed by atoms with Crippen LogP contribution >= 0.6 is 11.7 Å². The molecule has 1 heterocycles. The topological polar surface area (TPSA) is 59.9 Å². The summed E-state index contributed by atoms with van der Waals surface area (Å²) in [6, 6.07) is 0. The quantitative estimate of drug-likeness (QED) is 0.716. The standard InChI is InChI=1S/C18H26N2O2S/c1-9(2)13-14(18(22)17(13)21)11(5)7-8-12(6)16-15(10(3)4)19-23-20-16/h9-12H,7-8H2,1-6H3. The highest BCUT2D eigenvalue weighted by atomic mass is 32.1. The van der Waals surface area contributed by atoms with E-state index in [1.807, 2.05) is 13.8 Å². The van der Waals surface area contributed by atoms with E-state index in [2.05, 4.69) is 36.4 Å². The zero-order valence-electron chi connectivity index (χ0n) is 14.8. The number of hydrogen-bond donors (Lipinski definition) is 0. The highest BCUT2D eigenvalue weighted by Crippen LogP contribution is 2.32. The molecule has 0 aliphatic carbocycles. The van der Waals surface area contributed by atoms with Gasteiger partial charge in [-0.3, -0.25) is 9.59 Å². The second-order valence-corrected chi connectivity index (χ2v) is 7.74. The minimum Gasteiger partial charge on any atom is -0.285 e. The average Bonchev–Trinajstić information content (AvgIpc) is 2.98. The van der Waals surface area contributed by atoms with Gasteiger partial charge in [-0.1, -0.05) is 41.5 Å². The Bertz CT molecular complexity index is 738. The summed E-state index contributed by atoms with van der Waals surface area (Å²) in [6.07, 6.45) is 1.84. The van der Waals surface area contributed by atoms with Crippen molar-refractivity contribution in [2.75, 3.05) is 0 Å². The number of rotatable bonds is 7. The van der Waals surface area contributed by atoms with Gasteiger partial charge in [0.2, 0.25) is 10.9 Å². The maximum absolute atomic E-state index is 11.9. The van der Waals surface area contributed by atoms with Crippen LogP contribution in [0.2, 0.25) is 0 Å². The van der Waals surface area contributed by atoms with Gasteiger partial charge >= 0.3 is 0 Å². The third kappa shape index (κ3) is 3.44. The van der Waals surface area contributed by atoms with Crippen LogP contribution in [0.15, 0.2) is 9.59 Å². The lowest BCUT2D eigenvalue weighted by Crippen LogP contribution is -2.41. The normalized spacial score (nSPS) is 14.8. The van der Waals surface area contributed by atoms with E-state index in [9.17, 15) is 9.59 Å². The highest BCUT2D eigenvalue weighted by molar-refractivity contribution is 6.99. The maximum atomic E-state index is 11.9. The average molecular weight is 334 g/mol. The van der Waals surface area contributed by atoms with Crippen LogP contribution in [0.4, 0.5) is 0 Å². The summed E-state index contributed by atoms with van der Waals surface area (Å²) < 4.78 is 8.87. The monoisotopic (exact) mass is 334 g/mol. The molecule has 4 nitrogen and oxygen atoms in total. The molecule has 126 valence electrons. The van der Waals surface area contributed by atoms with E-state index in [1.165, 1.54) is 11.7 Å². The van der Waals surface area contributed by atoms with E-state index < -0.39 is 0 Å². The van der Waals surface area contributed by atoms with Crippen molar-refractivity contribution >= 4 is 11.7 Å². The van der Waals surface area contributed by atoms with Gasteiger partial charge in [-0.25, -0.2) is 0 Å². The first-order valence-electron chi connectivity index (χ1n) is 8.41. The van der Waals surface area contributed by atoms with Crippen LogP contribution in [0.5, 0.6) is 0 Å². The van der Waals surface area contributed by atoms with E-state index in [-0.39, 0.29) is 22.7 Å². The zero-order valence-corrected chi connectivity index (χ0v) is 15.7. The third-order valence-corrected chi connectivity index (χ3v) is 5.20. The summed E-state index contributed by atoms with van der Waals surface area (Å²) in [6.45, 7) is 12.4. The van der Waals surface area contributed by atoms with Crippen LogP contribution in [0.25, 0.3) is 0 Å². The second kappa shape index (κ2) is 7.04. The molecule has 0 amide bonds. The fourth-order valence-electron chi connectivity index (χ4n) is 3.22. The summed E-state index contributed by atoms with van der Waals surface area (Å²) in [5.74, 6) is 0.965. The second-order valence-electron chi connectivity index (χ2n) is 7.21. The number of hydrogen-bond acceptors (Lipinski definition) is 5. The molecule has 0 aliphatic rings. The van der Waals surface area contributed by atoms with Crippen LogP contribution in [0.3, 0.4) is 0 Å². The largest absolute Gasteiger partial charge is 0.285 e. The lowest BCUT2D eigenvalue weighted by Gasteiger charge is -2.21. The Balaban J connectivity index is 2.06. The molecule has 5 heteroatoms. The zero-order chi connectivity index (χ0) is 17.3. The Morgan fingerprint density at radius 2 is 1.26 bits per heavy atom. The summed E-state index contributed by atoms with van der Waals surface area (Å²) in [5.41, 5.74) is 3.14. The van der Waals surface area contributed by atoms with Crippen molar-refractivity contribution < 1.29 is 0 Å². The molecule has 1 aromatic heterocycles. The van der Waals surface area contributed by atoms with Crippen LogP contribution in [0, 0.1) is 0 Å². The molecule has 0 fully saturated rings. The van der Waals surface area contributed by atoms with Gasteiger partial charge in [-0.2, -0.15) is 8.75 Å². The Hall–Kier alpha value is -1.36. The van der Waals surface area contributed by atoms with Gasteiger partial charge in [-0.15, -0.1) is 0 Å². The summed E-state index contributed by atoms with van der Waals surface area (Å²) >= 11 is 1.28. The minimum atomic E-state index is -0.277. The van der Waals surface area contributed by atoms with Crippen molar-refractivity contribution in [3.8, 4) is 0 Å². The van der Waals surface area contributed by atoms with Crippen molar-refractivity contribution in [2.45, 2.75) is 78.1 Å². The summed E-state index contributed by atoms with van der Waals surface area (Å²) in [4.78, 5) is 23.6. The van der Waals surface area contributed by atoms with Crippen molar-refractivity contribution in [3.05, 3.63) is 43.0 Å². The van der Waals surface area contributed by atoms with Crippen molar-refractivity contribution in [3.63, 3.8) is 0 Å². The summed E-state index contributed by atoms with van der Waals surface area (Å²) in [7, 11) is 0. The summed E-state index contributed by atoms with van der Waals surface area (Å²) in [5, 5.41) is 0. The maximum Gasteiger partial charge on any atom is 0.229 e. The van der Waals surface area contributed by atoms with Gasteiger partial charge in [0.1, 0.15) is 0 Å². The Morgan fingerprint density at radius 1 is 0.739 bits per heavy atom. The lowest BCUT2D eigenvalue weighted by atomic mass is 9.81. The van der Waals surface area contributed by atoms with Gasteiger partial charge in [0.15, 0.2) is 0 Å². The van der Waals surface area contributed by atoms with E-state index in [4.69, 9.17) is 0 Å². The molecule has 1 aromatic carbocycles. The van der Waals surface area contributed by atoms with Crippen LogP contribution < -0.4 is 10.9 Å². The van der Waals surface area contributed by atoms with E-state index in [0.29, 0.717) is 11.8 Å². The first kappa shape index (κ1) is 18.0. The van der Waals surface area contributed by atoms with Gasteiger partial charge < -0.3 is 0 Å². The number of nitrogens with zero attached hydrogens (tertiary/aromatic N) is 2. The van der Waals surface area contributed by atoms with Gasteiger partial charge in [0, 0.05) is 17.0 Å². The van der Waals surface area contributed by atoms with Gasteiger partial charge in [0.05, 0.1) is 23.1 Å². The molecule has 0 aliphatic heterocycles.